The number of hydrogen-bond donors (Lipinski definition) is 0. The molecule has 0 radical (unpaired) electrons. The van der Waals surface area contributed by atoms with Crippen LogP contribution in [0.25, 0.3) is 55.1 Å². The van der Waals surface area contributed by atoms with Gasteiger partial charge in [-0.1, -0.05) is 102 Å². The molecular formula is C47H38BNO3. The van der Waals surface area contributed by atoms with Gasteiger partial charge in [0.25, 0.3) is 6.71 Å². The number of pyridine rings is 1. The highest BCUT2D eigenvalue weighted by Gasteiger charge is 2.42. The summed E-state index contributed by atoms with van der Waals surface area (Å²) in [7, 11) is 0. The second-order valence-electron chi connectivity index (χ2n) is 16.4. The number of aromatic nitrogens is 1. The fourth-order valence-corrected chi connectivity index (χ4v) is 8.09. The van der Waals surface area contributed by atoms with E-state index in [1.54, 1.807) is 0 Å². The Labute approximate surface area is 304 Å². The molecule has 2 aliphatic rings. The highest BCUT2D eigenvalue weighted by Crippen LogP contribution is 2.43. The summed E-state index contributed by atoms with van der Waals surface area (Å²) >= 11 is 0. The third-order valence-corrected chi connectivity index (χ3v) is 11.0. The summed E-state index contributed by atoms with van der Waals surface area (Å²) in [4.78, 5) is 4.59. The molecule has 2 aliphatic heterocycles. The average molecular weight is 676 g/mol. The lowest BCUT2D eigenvalue weighted by Gasteiger charge is -2.35. The zero-order valence-corrected chi connectivity index (χ0v) is 30.3. The molecule has 6 aromatic carbocycles. The van der Waals surface area contributed by atoms with Crippen molar-refractivity contribution < 1.29 is 13.9 Å². The first-order valence-electron chi connectivity index (χ1n) is 18.1. The van der Waals surface area contributed by atoms with Gasteiger partial charge in [-0.2, -0.15) is 0 Å². The quantitative estimate of drug-likeness (QED) is 0.171. The summed E-state index contributed by atoms with van der Waals surface area (Å²) in [5.41, 5.74) is 11.9. The van der Waals surface area contributed by atoms with Crippen LogP contribution in [0.4, 0.5) is 0 Å². The molecule has 52 heavy (non-hydrogen) atoms. The van der Waals surface area contributed by atoms with Crippen LogP contribution in [0.3, 0.4) is 0 Å². The molecule has 0 saturated carbocycles. The summed E-state index contributed by atoms with van der Waals surface area (Å²) in [6.45, 7) is 13.6. The fourth-order valence-electron chi connectivity index (χ4n) is 8.09. The highest BCUT2D eigenvalue weighted by molar-refractivity contribution is 6.98. The molecule has 0 bridgehead atoms. The monoisotopic (exact) mass is 675 g/mol. The van der Waals surface area contributed by atoms with Gasteiger partial charge in [0.05, 0.1) is 5.69 Å². The predicted octanol–water partition coefficient (Wildman–Crippen LogP) is 10.8. The third kappa shape index (κ3) is 4.72. The van der Waals surface area contributed by atoms with E-state index < -0.39 is 0 Å². The molecular weight excluding hydrogens is 637 g/mol. The van der Waals surface area contributed by atoms with Crippen molar-refractivity contribution in [2.45, 2.75) is 52.4 Å². The number of nitrogens with zero attached hydrogens (tertiary/aromatic N) is 1. The van der Waals surface area contributed by atoms with Crippen molar-refractivity contribution in [1.82, 2.24) is 4.98 Å². The van der Waals surface area contributed by atoms with Crippen molar-refractivity contribution in [3.63, 3.8) is 0 Å². The van der Waals surface area contributed by atoms with E-state index >= 15 is 0 Å². The maximum Gasteiger partial charge on any atom is 0.260 e. The molecule has 0 aliphatic carbocycles. The van der Waals surface area contributed by atoms with Crippen LogP contribution in [0.15, 0.2) is 126 Å². The fraction of sp³-hybridized carbons (Fsp3) is 0.170. The summed E-state index contributed by atoms with van der Waals surface area (Å²) in [6.07, 6.45) is 1.82. The van der Waals surface area contributed by atoms with Crippen LogP contribution in [-0.4, -0.2) is 11.7 Å². The molecule has 0 spiro atoms. The van der Waals surface area contributed by atoms with E-state index in [-0.39, 0.29) is 17.5 Å². The lowest BCUT2D eigenvalue weighted by Crippen LogP contribution is -2.57. The van der Waals surface area contributed by atoms with Crippen LogP contribution in [0.5, 0.6) is 23.0 Å². The minimum Gasteiger partial charge on any atom is -0.458 e. The molecule has 10 rings (SSSR count). The van der Waals surface area contributed by atoms with Gasteiger partial charge in [-0.3, -0.25) is 4.98 Å². The Hall–Kier alpha value is -5.81. The van der Waals surface area contributed by atoms with Gasteiger partial charge in [-0.25, -0.2) is 0 Å². The van der Waals surface area contributed by atoms with Crippen LogP contribution < -0.4 is 25.9 Å². The van der Waals surface area contributed by atoms with E-state index in [1.165, 1.54) is 22.1 Å². The SMILES string of the molecule is CC(C)(C)c1ccc2c(c1)B1c3cc(C(C)(C)C)ccc3Oc3c1c(cc1cc(-c4ccc5c(c4)oc4c(-c6ccccn6)cccc45)ccc31)O2. The molecule has 0 saturated heterocycles. The van der Waals surface area contributed by atoms with Crippen molar-refractivity contribution in [2.75, 3.05) is 0 Å². The van der Waals surface area contributed by atoms with Crippen LogP contribution >= 0.6 is 0 Å². The number of furan rings is 1. The van der Waals surface area contributed by atoms with Crippen molar-refractivity contribution in [1.29, 1.82) is 0 Å². The number of fused-ring (bicyclic) bond motifs is 9. The topological polar surface area (TPSA) is 44.5 Å². The molecule has 252 valence electrons. The molecule has 4 nitrogen and oxygen atoms in total. The molecule has 0 unspecified atom stereocenters. The first-order valence-corrected chi connectivity index (χ1v) is 18.1. The van der Waals surface area contributed by atoms with E-state index in [2.05, 4.69) is 144 Å². The molecule has 0 amide bonds. The summed E-state index contributed by atoms with van der Waals surface area (Å²) in [5.74, 6) is 3.53. The minimum atomic E-state index is -0.00218. The Balaban J connectivity index is 1.13. The third-order valence-electron chi connectivity index (χ3n) is 11.0. The Bertz CT molecular complexity index is 2740. The maximum absolute atomic E-state index is 6.90. The lowest BCUT2D eigenvalue weighted by atomic mass is 9.34. The number of benzene rings is 6. The summed E-state index contributed by atoms with van der Waals surface area (Å²) < 4.78 is 20.3. The van der Waals surface area contributed by atoms with Gasteiger partial charge in [-0.15, -0.1) is 0 Å². The minimum absolute atomic E-state index is 0.00218. The first-order chi connectivity index (χ1) is 25.0. The van der Waals surface area contributed by atoms with Gasteiger partial charge in [0.15, 0.2) is 0 Å². The van der Waals surface area contributed by atoms with Crippen molar-refractivity contribution >= 4 is 55.8 Å². The van der Waals surface area contributed by atoms with E-state index in [0.717, 1.165) is 83.6 Å². The second kappa shape index (κ2) is 10.9. The molecule has 5 heteroatoms. The van der Waals surface area contributed by atoms with Gasteiger partial charge >= 0.3 is 0 Å². The summed E-state index contributed by atoms with van der Waals surface area (Å²) in [6, 6.07) is 41.0. The van der Waals surface area contributed by atoms with Gasteiger partial charge < -0.3 is 13.9 Å². The molecule has 0 atom stereocenters. The van der Waals surface area contributed by atoms with E-state index in [4.69, 9.17) is 13.9 Å². The van der Waals surface area contributed by atoms with Crippen molar-refractivity contribution in [3.8, 4) is 45.4 Å². The zero-order valence-electron chi connectivity index (χ0n) is 30.3. The Kier molecular flexibility index (Phi) is 6.46. The first kappa shape index (κ1) is 31.0. The average Bonchev–Trinajstić information content (AvgIpc) is 3.52. The number of para-hydroxylation sites is 1. The van der Waals surface area contributed by atoms with Gasteiger partial charge in [0.2, 0.25) is 0 Å². The number of ether oxygens (including phenoxy) is 2. The van der Waals surface area contributed by atoms with Gasteiger partial charge in [0.1, 0.15) is 34.2 Å². The van der Waals surface area contributed by atoms with Crippen LogP contribution in [0.2, 0.25) is 0 Å². The van der Waals surface area contributed by atoms with E-state index in [0.29, 0.717) is 0 Å². The van der Waals surface area contributed by atoms with E-state index in [9.17, 15) is 0 Å². The lowest BCUT2D eigenvalue weighted by molar-refractivity contribution is 0.467. The number of rotatable bonds is 2. The van der Waals surface area contributed by atoms with Gasteiger partial charge in [0, 0.05) is 33.4 Å². The maximum atomic E-state index is 6.90. The second-order valence-corrected chi connectivity index (χ2v) is 16.4. The summed E-state index contributed by atoms with van der Waals surface area (Å²) in [5, 5.41) is 4.31. The normalized spacial score (nSPS) is 13.5. The van der Waals surface area contributed by atoms with E-state index in [1.807, 2.05) is 24.4 Å². The Morgan fingerprint density at radius 2 is 1.25 bits per heavy atom. The molecule has 2 aromatic heterocycles. The van der Waals surface area contributed by atoms with Gasteiger partial charge in [-0.05, 0) is 104 Å². The molecule has 4 heterocycles. The van der Waals surface area contributed by atoms with Crippen LogP contribution in [-0.2, 0) is 10.8 Å². The standard InChI is InChI=1S/C47H38BNO3/c1-46(2,3)30-15-19-39-36(25-30)48-37-26-31(47(4,5)6)16-20-40(37)51-45-32-17-13-27(22-29(32)24-42(50-39)43(45)48)28-14-18-33-34-10-9-11-35(38-12-7-8-21-49-38)44(34)52-41(33)23-28/h7-26H,1-6H3. The Morgan fingerprint density at radius 3 is 1.94 bits per heavy atom. The van der Waals surface area contributed by atoms with Crippen LogP contribution in [0.1, 0.15) is 52.7 Å². The highest BCUT2D eigenvalue weighted by atomic mass is 16.5. The molecule has 0 N–H and O–H groups in total. The number of hydrogen-bond acceptors (Lipinski definition) is 4. The molecule has 0 fully saturated rings. The predicted molar refractivity (Wildman–Crippen MR) is 215 cm³/mol. The largest absolute Gasteiger partial charge is 0.458 e. The van der Waals surface area contributed by atoms with Crippen molar-refractivity contribution in [2.24, 2.45) is 0 Å². The zero-order chi connectivity index (χ0) is 35.5. The molecule has 8 aromatic rings. The smallest absolute Gasteiger partial charge is 0.260 e. The van der Waals surface area contributed by atoms with Crippen LogP contribution in [0, 0.1) is 0 Å². The van der Waals surface area contributed by atoms with Crippen molar-refractivity contribution in [3.05, 3.63) is 133 Å². The Morgan fingerprint density at radius 1 is 0.558 bits per heavy atom.